The second-order valence-electron chi connectivity index (χ2n) is 6.16. The van der Waals surface area contributed by atoms with Crippen molar-refractivity contribution in [1.82, 2.24) is 29.6 Å². The summed E-state index contributed by atoms with van der Waals surface area (Å²) in [6.07, 6.45) is 3.80. The van der Waals surface area contributed by atoms with Gasteiger partial charge in [-0.15, -0.1) is 10.2 Å². The lowest BCUT2D eigenvalue weighted by Crippen LogP contribution is -2.42. The molecule has 3 aromatic rings. The lowest BCUT2D eigenvalue weighted by molar-refractivity contribution is 0.0666. The Morgan fingerprint density at radius 3 is 2.80 bits per heavy atom. The van der Waals surface area contributed by atoms with Crippen LogP contribution in [0.3, 0.4) is 0 Å². The molecule has 0 bridgehead atoms. The second kappa shape index (κ2) is 6.43. The van der Waals surface area contributed by atoms with E-state index in [0.29, 0.717) is 18.8 Å². The van der Waals surface area contributed by atoms with Crippen molar-refractivity contribution in [3.05, 3.63) is 71.8 Å². The van der Waals surface area contributed by atoms with Crippen LogP contribution in [0.4, 0.5) is 0 Å². The molecule has 0 saturated carbocycles. The third-order valence-corrected chi connectivity index (χ3v) is 4.47. The molecule has 0 N–H and O–H groups in total. The van der Waals surface area contributed by atoms with Gasteiger partial charge >= 0.3 is 0 Å². The highest BCUT2D eigenvalue weighted by atomic mass is 16.2. The van der Waals surface area contributed by atoms with E-state index in [2.05, 4.69) is 36.9 Å². The molecule has 126 valence electrons. The summed E-state index contributed by atoms with van der Waals surface area (Å²) in [5.74, 6) is 1.59. The Morgan fingerprint density at radius 2 is 2.04 bits per heavy atom. The molecule has 0 aliphatic carbocycles. The van der Waals surface area contributed by atoms with Gasteiger partial charge in [0.05, 0.1) is 12.6 Å². The molecule has 7 nitrogen and oxygen atoms in total. The summed E-state index contributed by atoms with van der Waals surface area (Å²) in [6.45, 7) is 3.00. The monoisotopic (exact) mass is 334 g/mol. The van der Waals surface area contributed by atoms with Crippen LogP contribution < -0.4 is 0 Å². The van der Waals surface area contributed by atoms with Crippen LogP contribution in [0, 0.1) is 6.92 Å². The summed E-state index contributed by atoms with van der Waals surface area (Å²) in [7, 11) is 0. The van der Waals surface area contributed by atoms with Gasteiger partial charge in [-0.1, -0.05) is 30.3 Å². The van der Waals surface area contributed by atoms with Crippen LogP contribution in [0.2, 0.25) is 0 Å². The number of aromatic nitrogens is 5. The van der Waals surface area contributed by atoms with E-state index < -0.39 is 0 Å². The maximum Gasteiger partial charge on any atom is 0.273 e. The molecule has 1 aliphatic rings. The molecule has 7 heteroatoms. The van der Waals surface area contributed by atoms with Gasteiger partial charge in [0, 0.05) is 12.7 Å². The fourth-order valence-corrected chi connectivity index (χ4v) is 3.34. The van der Waals surface area contributed by atoms with Crippen molar-refractivity contribution in [2.45, 2.75) is 25.9 Å². The molecule has 0 unspecified atom stereocenters. The van der Waals surface area contributed by atoms with Crippen LogP contribution in [0.5, 0.6) is 0 Å². The molecule has 0 fully saturated rings. The van der Waals surface area contributed by atoms with Gasteiger partial charge in [0.1, 0.15) is 17.8 Å². The van der Waals surface area contributed by atoms with Gasteiger partial charge in [-0.2, -0.15) is 0 Å². The first-order valence-electron chi connectivity index (χ1n) is 8.22. The first-order chi connectivity index (χ1) is 12.2. The largest absolute Gasteiger partial charge is 0.328 e. The molecule has 1 aliphatic heterocycles. The fraction of sp³-hybridized carbons (Fsp3) is 0.278. The van der Waals surface area contributed by atoms with E-state index in [4.69, 9.17) is 0 Å². The van der Waals surface area contributed by atoms with Crippen molar-refractivity contribution in [3.63, 3.8) is 0 Å². The molecule has 3 heterocycles. The molecule has 2 aromatic heterocycles. The molecular weight excluding hydrogens is 316 g/mol. The van der Waals surface area contributed by atoms with Crippen LogP contribution in [0.25, 0.3) is 0 Å². The van der Waals surface area contributed by atoms with Crippen molar-refractivity contribution in [3.8, 4) is 0 Å². The number of hydrogen-bond acceptors (Lipinski definition) is 5. The minimum Gasteiger partial charge on any atom is -0.328 e. The van der Waals surface area contributed by atoms with E-state index in [1.165, 1.54) is 11.9 Å². The molecule has 25 heavy (non-hydrogen) atoms. The van der Waals surface area contributed by atoms with Crippen molar-refractivity contribution < 1.29 is 4.79 Å². The molecule has 0 radical (unpaired) electrons. The van der Waals surface area contributed by atoms with Gasteiger partial charge in [0.15, 0.2) is 5.82 Å². The van der Waals surface area contributed by atoms with Crippen molar-refractivity contribution in [2.75, 3.05) is 6.54 Å². The highest BCUT2D eigenvalue weighted by molar-refractivity contribution is 5.92. The Bertz CT molecular complexity index is 877. The number of carbonyl (C=O) groups excluding carboxylic acids is 1. The summed E-state index contributed by atoms with van der Waals surface area (Å²) >= 11 is 0. The van der Waals surface area contributed by atoms with Crippen LogP contribution >= 0.6 is 0 Å². The summed E-state index contributed by atoms with van der Waals surface area (Å²) in [4.78, 5) is 22.5. The predicted molar refractivity (Wildman–Crippen MR) is 90.7 cm³/mol. The van der Waals surface area contributed by atoms with E-state index in [1.807, 2.05) is 25.1 Å². The third kappa shape index (κ3) is 3.00. The smallest absolute Gasteiger partial charge is 0.273 e. The van der Waals surface area contributed by atoms with Gasteiger partial charge in [-0.05, 0) is 25.0 Å². The molecular formula is C18H18N6O. The third-order valence-electron chi connectivity index (χ3n) is 4.47. The normalized spacial score (nSPS) is 16.5. The van der Waals surface area contributed by atoms with Gasteiger partial charge in [0.25, 0.3) is 5.91 Å². The summed E-state index contributed by atoms with van der Waals surface area (Å²) in [6, 6.07) is 12.0. The number of rotatable bonds is 3. The highest BCUT2D eigenvalue weighted by Gasteiger charge is 2.31. The van der Waals surface area contributed by atoms with E-state index in [9.17, 15) is 4.79 Å². The summed E-state index contributed by atoms with van der Waals surface area (Å²) in [5.41, 5.74) is 1.63. The number of fused-ring (bicyclic) bond motifs is 1. The predicted octanol–water partition coefficient (Wildman–Crippen LogP) is 1.82. The Labute approximate surface area is 145 Å². The Kier molecular flexibility index (Phi) is 3.97. The first kappa shape index (κ1) is 15.4. The molecule has 1 atom stereocenters. The number of benzene rings is 1. The van der Waals surface area contributed by atoms with Gasteiger partial charge in [-0.25, -0.2) is 9.97 Å². The summed E-state index contributed by atoms with van der Waals surface area (Å²) in [5, 5.41) is 8.47. The summed E-state index contributed by atoms with van der Waals surface area (Å²) < 4.78 is 2.15. The zero-order valence-electron chi connectivity index (χ0n) is 13.9. The SMILES string of the molecule is Cc1nnc2n1[C@H](Cc1ccccc1)CN(C(=O)c1ccncn1)C2. The van der Waals surface area contributed by atoms with Crippen LogP contribution in [-0.4, -0.2) is 42.1 Å². The number of carbonyl (C=O) groups is 1. The Balaban J connectivity index is 1.64. The van der Waals surface area contributed by atoms with Crippen LogP contribution in [-0.2, 0) is 13.0 Å². The Morgan fingerprint density at radius 1 is 1.20 bits per heavy atom. The average Bonchev–Trinajstić information content (AvgIpc) is 3.04. The average molecular weight is 334 g/mol. The van der Waals surface area contributed by atoms with E-state index >= 15 is 0 Å². The second-order valence-corrected chi connectivity index (χ2v) is 6.16. The standard InChI is InChI=1S/C18H18N6O/c1-13-21-22-17-11-23(18(25)16-7-8-19-12-20-16)10-15(24(13)17)9-14-5-3-2-4-6-14/h2-8,12,15H,9-11H2,1H3/t15-/m1/s1. The van der Waals surface area contributed by atoms with E-state index in [0.717, 1.165) is 18.1 Å². The quantitative estimate of drug-likeness (QED) is 0.730. The van der Waals surface area contributed by atoms with Crippen molar-refractivity contribution in [1.29, 1.82) is 0 Å². The number of hydrogen-bond donors (Lipinski definition) is 0. The highest BCUT2D eigenvalue weighted by Crippen LogP contribution is 2.25. The Hall–Kier alpha value is -3.09. The first-order valence-corrected chi connectivity index (χ1v) is 8.22. The number of aryl methyl sites for hydroxylation is 1. The zero-order chi connectivity index (χ0) is 17.2. The molecule has 4 rings (SSSR count). The van der Waals surface area contributed by atoms with E-state index in [-0.39, 0.29) is 11.9 Å². The van der Waals surface area contributed by atoms with Gasteiger partial charge < -0.3 is 9.47 Å². The zero-order valence-corrected chi connectivity index (χ0v) is 13.9. The molecule has 0 spiro atoms. The van der Waals surface area contributed by atoms with Crippen LogP contribution in [0.1, 0.15) is 33.7 Å². The molecule has 1 amide bonds. The van der Waals surface area contributed by atoms with Crippen LogP contribution in [0.15, 0.2) is 48.9 Å². The van der Waals surface area contributed by atoms with Crippen molar-refractivity contribution in [2.24, 2.45) is 0 Å². The molecule has 1 aromatic carbocycles. The number of nitrogens with zero attached hydrogens (tertiary/aromatic N) is 6. The molecule has 0 saturated heterocycles. The number of amides is 1. The maximum atomic E-state index is 12.8. The van der Waals surface area contributed by atoms with Gasteiger partial charge in [-0.3, -0.25) is 4.79 Å². The van der Waals surface area contributed by atoms with Crippen molar-refractivity contribution >= 4 is 5.91 Å². The lowest BCUT2D eigenvalue weighted by Gasteiger charge is -2.34. The lowest BCUT2D eigenvalue weighted by atomic mass is 10.0. The topological polar surface area (TPSA) is 76.8 Å². The minimum atomic E-state index is -0.104. The van der Waals surface area contributed by atoms with E-state index in [1.54, 1.807) is 17.2 Å². The van der Waals surface area contributed by atoms with Gasteiger partial charge in [0.2, 0.25) is 0 Å². The fourth-order valence-electron chi connectivity index (χ4n) is 3.34. The minimum absolute atomic E-state index is 0.104. The maximum absolute atomic E-state index is 12.8.